The Balaban J connectivity index is 2.16. The Kier molecular flexibility index (Phi) is 6.11. The molecule has 0 aliphatic heterocycles. The van der Waals surface area contributed by atoms with Gasteiger partial charge in [0.25, 0.3) is 0 Å². The molecule has 0 radical (unpaired) electrons. The van der Waals surface area contributed by atoms with Crippen LogP contribution in [-0.2, 0) is 5.41 Å². The Hall–Kier alpha value is -4.13. The van der Waals surface area contributed by atoms with Crippen LogP contribution in [0.1, 0.15) is 22.3 Å². The summed E-state index contributed by atoms with van der Waals surface area (Å²) >= 11 is 6.14. The largest absolute Gasteiger partial charge is 0.493 e. The number of benzene rings is 3. The lowest BCUT2D eigenvalue weighted by Gasteiger charge is -2.28. The molecule has 0 aromatic heterocycles. The molecule has 1 unspecified atom stereocenters. The van der Waals surface area contributed by atoms with Gasteiger partial charge in [0.15, 0.2) is 23.0 Å². The molecule has 1 aliphatic carbocycles. The summed E-state index contributed by atoms with van der Waals surface area (Å²) in [4.78, 5) is 0. The number of halogens is 1. The average molecular weight is 473 g/mol. The monoisotopic (exact) mass is 472 g/mol. The topological polar surface area (TPSA) is 84.5 Å². The third-order valence-electron chi connectivity index (χ3n) is 6.05. The molecule has 3 aromatic rings. The number of rotatable bonds is 6. The molecular formula is C27H21ClN2O4. The van der Waals surface area contributed by atoms with Crippen molar-refractivity contribution in [2.24, 2.45) is 0 Å². The lowest BCUT2D eigenvalue weighted by Crippen LogP contribution is -2.26. The van der Waals surface area contributed by atoms with Gasteiger partial charge >= 0.3 is 0 Å². The molecule has 0 bridgehead atoms. The lowest BCUT2D eigenvalue weighted by atomic mass is 9.70. The maximum Gasteiger partial charge on any atom is 0.161 e. The predicted molar refractivity (Wildman–Crippen MR) is 129 cm³/mol. The minimum atomic E-state index is -1.34. The van der Waals surface area contributed by atoms with Crippen molar-refractivity contribution < 1.29 is 18.9 Å². The maximum atomic E-state index is 10.8. The smallest absolute Gasteiger partial charge is 0.161 e. The summed E-state index contributed by atoms with van der Waals surface area (Å²) in [7, 11) is 6.14. The zero-order valence-electron chi connectivity index (χ0n) is 19.1. The van der Waals surface area contributed by atoms with Crippen molar-refractivity contribution in [1.82, 2.24) is 0 Å². The highest BCUT2D eigenvalue weighted by Gasteiger charge is 2.49. The van der Waals surface area contributed by atoms with Crippen molar-refractivity contribution in [3.8, 4) is 35.1 Å². The van der Waals surface area contributed by atoms with Crippen molar-refractivity contribution in [2.75, 3.05) is 28.4 Å². The van der Waals surface area contributed by atoms with E-state index in [0.717, 1.165) is 0 Å². The lowest BCUT2D eigenvalue weighted by molar-refractivity contribution is 0.353. The van der Waals surface area contributed by atoms with Gasteiger partial charge in [0.05, 0.1) is 40.1 Å². The molecule has 4 rings (SSSR count). The van der Waals surface area contributed by atoms with E-state index in [2.05, 4.69) is 12.1 Å². The molecule has 0 spiro atoms. The number of nitriles is 2. The van der Waals surface area contributed by atoms with Crippen LogP contribution < -0.4 is 18.9 Å². The Morgan fingerprint density at radius 1 is 0.735 bits per heavy atom. The molecule has 0 amide bonds. The molecule has 1 atom stereocenters. The normalized spacial score (nSPS) is 16.3. The van der Waals surface area contributed by atoms with Crippen LogP contribution in [0.3, 0.4) is 0 Å². The predicted octanol–water partition coefficient (Wildman–Crippen LogP) is 5.63. The summed E-state index contributed by atoms with van der Waals surface area (Å²) in [6, 6.07) is 20.7. The number of hydrogen-bond donors (Lipinski definition) is 0. The van der Waals surface area contributed by atoms with Gasteiger partial charge in [0.1, 0.15) is 11.5 Å². The van der Waals surface area contributed by atoms with Crippen LogP contribution in [0.4, 0.5) is 0 Å². The van der Waals surface area contributed by atoms with Crippen LogP contribution in [0.25, 0.3) is 11.1 Å². The third kappa shape index (κ3) is 3.32. The van der Waals surface area contributed by atoms with Crippen LogP contribution >= 0.6 is 11.6 Å². The Labute approximate surface area is 203 Å². The summed E-state index contributed by atoms with van der Waals surface area (Å²) in [6.07, 6.45) is 0. The van der Waals surface area contributed by atoms with E-state index in [1.807, 2.05) is 12.1 Å². The molecule has 6 nitrogen and oxygen atoms in total. The molecule has 170 valence electrons. The highest BCUT2D eigenvalue weighted by molar-refractivity contribution is 6.30. The molecule has 3 aromatic carbocycles. The second-order valence-corrected chi connectivity index (χ2v) is 7.99. The molecule has 0 saturated carbocycles. The number of ether oxygens (including phenoxy) is 4. The fourth-order valence-electron chi connectivity index (χ4n) is 4.50. The van der Waals surface area contributed by atoms with Gasteiger partial charge in [0, 0.05) is 16.2 Å². The Bertz CT molecular complexity index is 1380. The van der Waals surface area contributed by atoms with Crippen molar-refractivity contribution in [1.29, 1.82) is 10.5 Å². The number of nitrogens with zero attached hydrogens (tertiary/aromatic N) is 2. The van der Waals surface area contributed by atoms with E-state index in [0.29, 0.717) is 61.4 Å². The van der Waals surface area contributed by atoms with Gasteiger partial charge in [-0.3, -0.25) is 0 Å². The minimum absolute atomic E-state index is 0.370. The second kappa shape index (κ2) is 9.02. The second-order valence-electron chi connectivity index (χ2n) is 7.55. The molecule has 0 N–H and O–H groups in total. The van der Waals surface area contributed by atoms with E-state index in [1.54, 1.807) is 49.6 Å². The molecule has 34 heavy (non-hydrogen) atoms. The first-order chi connectivity index (χ1) is 16.5. The van der Waals surface area contributed by atoms with E-state index in [-0.39, 0.29) is 0 Å². The van der Waals surface area contributed by atoms with Crippen LogP contribution in [0.15, 0.2) is 54.6 Å². The maximum absolute atomic E-state index is 10.8. The fraction of sp³-hybridized carbons (Fsp3) is 0.185. The fourth-order valence-corrected chi connectivity index (χ4v) is 4.62. The highest BCUT2D eigenvalue weighted by atomic mass is 35.5. The van der Waals surface area contributed by atoms with Gasteiger partial charge in [0.2, 0.25) is 0 Å². The van der Waals surface area contributed by atoms with E-state index >= 15 is 0 Å². The van der Waals surface area contributed by atoms with E-state index in [1.165, 1.54) is 21.3 Å². The summed E-state index contributed by atoms with van der Waals surface area (Å²) in [6.45, 7) is 0. The van der Waals surface area contributed by atoms with Gasteiger partial charge in [-0.25, -0.2) is 0 Å². The quantitative estimate of drug-likeness (QED) is 0.462. The number of methoxy groups -OCH3 is 4. The van der Waals surface area contributed by atoms with E-state index < -0.39 is 5.41 Å². The van der Waals surface area contributed by atoms with Crippen LogP contribution in [0.5, 0.6) is 23.0 Å². The van der Waals surface area contributed by atoms with Gasteiger partial charge in [-0.15, -0.1) is 0 Å². The van der Waals surface area contributed by atoms with Crippen molar-refractivity contribution in [2.45, 2.75) is 5.41 Å². The third-order valence-corrected chi connectivity index (χ3v) is 6.30. The summed E-state index contributed by atoms with van der Waals surface area (Å²) < 4.78 is 22.0. The van der Waals surface area contributed by atoms with Crippen LogP contribution in [0, 0.1) is 22.7 Å². The van der Waals surface area contributed by atoms with Gasteiger partial charge in [-0.1, -0.05) is 29.8 Å². The number of hydrogen-bond acceptors (Lipinski definition) is 6. The molecule has 1 aliphatic rings. The van der Waals surface area contributed by atoms with Gasteiger partial charge in [-0.05, 0) is 53.1 Å². The first kappa shape index (κ1) is 23.0. The number of allylic oxidation sites excluding steroid dienone is 2. The summed E-state index contributed by atoms with van der Waals surface area (Å²) in [5.41, 5.74) is 2.11. The van der Waals surface area contributed by atoms with E-state index in [9.17, 15) is 10.5 Å². The molecular weight excluding hydrogens is 452 g/mol. The van der Waals surface area contributed by atoms with Crippen molar-refractivity contribution in [3.05, 3.63) is 81.9 Å². The van der Waals surface area contributed by atoms with E-state index in [4.69, 9.17) is 30.5 Å². The summed E-state index contributed by atoms with van der Waals surface area (Å²) in [5, 5.41) is 21.7. The first-order valence-corrected chi connectivity index (χ1v) is 10.7. The minimum Gasteiger partial charge on any atom is -0.493 e. The first-order valence-electron chi connectivity index (χ1n) is 10.3. The zero-order chi connectivity index (χ0) is 24.5. The zero-order valence-corrected chi connectivity index (χ0v) is 19.9. The van der Waals surface area contributed by atoms with Crippen molar-refractivity contribution >= 4 is 22.7 Å². The van der Waals surface area contributed by atoms with Crippen LogP contribution in [0.2, 0.25) is 5.02 Å². The molecule has 0 fully saturated rings. The Morgan fingerprint density at radius 2 is 1.32 bits per heavy atom. The summed E-state index contributed by atoms with van der Waals surface area (Å²) in [5.74, 6) is 1.92. The highest BCUT2D eigenvalue weighted by Crippen LogP contribution is 2.57. The number of fused-ring (bicyclic) bond motifs is 1. The average Bonchev–Trinajstić information content (AvgIpc) is 3.17. The van der Waals surface area contributed by atoms with Crippen LogP contribution in [-0.4, -0.2) is 28.4 Å². The standard InChI is InChI=1S/C27H21ClN2O4/c1-31-22-10-7-17(11-23(22)32-2)27(15-30)21-13-25(34-4)24(33-3)12-19(21)20(14-29)26(27)16-5-8-18(28)9-6-16/h5-13H,1-4H3. The SMILES string of the molecule is COc1ccc(C2(C#N)C(c3ccc(Cl)cc3)=C(C#N)c3cc(OC)c(OC)cc32)cc1OC. The Morgan fingerprint density at radius 3 is 1.88 bits per heavy atom. The van der Waals surface area contributed by atoms with Crippen molar-refractivity contribution in [3.63, 3.8) is 0 Å². The molecule has 7 heteroatoms. The molecule has 0 saturated heterocycles. The van der Waals surface area contributed by atoms with Gasteiger partial charge < -0.3 is 18.9 Å². The van der Waals surface area contributed by atoms with Gasteiger partial charge in [-0.2, -0.15) is 10.5 Å². The molecule has 0 heterocycles.